The highest BCUT2D eigenvalue weighted by Gasteiger charge is 2.22. The average Bonchev–Trinajstić information content (AvgIpc) is 2.46. The summed E-state index contributed by atoms with van der Waals surface area (Å²) in [5.74, 6) is 3.01. The Morgan fingerprint density at radius 1 is 1.27 bits per heavy atom. The summed E-state index contributed by atoms with van der Waals surface area (Å²) in [6.07, 6.45) is 11.5. The summed E-state index contributed by atoms with van der Waals surface area (Å²) in [6, 6.07) is 4.04. The van der Waals surface area contributed by atoms with Crippen molar-refractivity contribution in [2.24, 2.45) is 11.8 Å². The summed E-state index contributed by atoms with van der Waals surface area (Å²) in [7, 11) is 0. The highest BCUT2D eigenvalue weighted by molar-refractivity contribution is 5.75. The maximum atomic E-state index is 11.1. The van der Waals surface area contributed by atoms with Crippen LogP contribution in [0.4, 0.5) is 5.82 Å². The average molecular weight is 302 g/mol. The van der Waals surface area contributed by atoms with E-state index in [-0.39, 0.29) is 0 Å². The number of carbonyl (C=O) groups excluding carboxylic acids is 1. The van der Waals surface area contributed by atoms with Gasteiger partial charge in [0, 0.05) is 12.6 Å². The summed E-state index contributed by atoms with van der Waals surface area (Å²) in [6.45, 7) is 4.04. The van der Waals surface area contributed by atoms with Gasteiger partial charge in [-0.15, -0.1) is 0 Å². The van der Waals surface area contributed by atoms with E-state index in [1.165, 1.54) is 44.1 Å². The number of hydrogen-bond acceptors (Lipinski definition) is 3. The van der Waals surface area contributed by atoms with E-state index in [0.29, 0.717) is 17.5 Å². The molecule has 122 valence electrons. The number of pyridine rings is 1. The highest BCUT2D eigenvalue weighted by Crippen LogP contribution is 2.36. The highest BCUT2D eigenvalue weighted by atomic mass is 16.1. The predicted octanol–water partition coefficient (Wildman–Crippen LogP) is 4.72. The largest absolute Gasteiger partial charge is 0.384 e. The molecule has 0 radical (unpaired) electrons. The van der Waals surface area contributed by atoms with Crippen LogP contribution in [0.2, 0.25) is 0 Å². The van der Waals surface area contributed by atoms with E-state index in [2.05, 4.69) is 18.0 Å². The molecule has 0 aliphatic heterocycles. The number of nitrogens with two attached hydrogens (primary N) is 1. The molecule has 0 spiro atoms. The maximum Gasteiger partial charge on any atom is 0.129 e. The van der Waals surface area contributed by atoms with Crippen LogP contribution < -0.4 is 5.73 Å². The number of carbonyl (C=O) groups is 1. The third kappa shape index (κ3) is 5.11. The van der Waals surface area contributed by atoms with E-state index >= 15 is 0 Å². The first-order chi connectivity index (χ1) is 10.6. The third-order valence-electron chi connectivity index (χ3n) is 5.32. The van der Waals surface area contributed by atoms with Crippen LogP contribution in [0.3, 0.4) is 0 Å². The van der Waals surface area contributed by atoms with Gasteiger partial charge < -0.3 is 10.5 Å². The van der Waals surface area contributed by atoms with Crippen LogP contribution in [0.5, 0.6) is 0 Å². The van der Waals surface area contributed by atoms with Crippen LogP contribution in [0.25, 0.3) is 0 Å². The summed E-state index contributed by atoms with van der Waals surface area (Å²) < 4.78 is 0. The SMILES string of the molecule is CC(=O)CCC1CCCC(C(C)c2ccc(N)nc2)CCC1. The Labute approximate surface area is 134 Å². The Balaban J connectivity index is 1.85. The monoisotopic (exact) mass is 302 g/mol. The number of Topliss-reactive ketones (excluding diaryl/α,β-unsaturated/α-hetero) is 1. The van der Waals surface area contributed by atoms with E-state index in [0.717, 1.165) is 24.7 Å². The van der Waals surface area contributed by atoms with Gasteiger partial charge in [-0.3, -0.25) is 0 Å². The molecule has 1 aromatic rings. The normalized spacial score (nSPS) is 24.3. The first kappa shape index (κ1) is 17.0. The van der Waals surface area contributed by atoms with Crippen molar-refractivity contribution in [3.63, 3.8) is 0 Å². The Morgan fingerprint density at radius 2 is 1.95 bits per heavy atom. The van der Waals surface area contributed by atoms with Crippen molar-refractivity contribution in [2.75, 3.05) is 5.73 Å². The fourth-order valence-electron chi connectivity index (χ4n) is 3.78. The van der Waals surface area contributed by atoms with Gasteiger partial charge in [0.05, 0.1) is 0 Å². The van der Waals surface area contributed by atoms with Gasteiger partial charge in [0.2, 0.25) is 0 Å². The number of ketones is 1. The molecule has 0 bridgehead atoms. The fourth-order valence-corrected chi connectivity index (χ4v) is 3.78. The van der Waals surface area contributed by atoms with Crippen molar-refractivity contribution in [2.45, 2.75) is 71.1 Å². The Kier molecular flexibility index (Phi) is 6.41. The van der Waals surface area contributed by atoms with Crippen molar-refractivity contribution in [1.82, 2.24) is 4.98 Å². The van der Waals surface area contributed by atoms with Crippen molar-refractivity contribution < 1.29 is 4.79 Å². The molecule has 1 heterocycles. The smallest absolute Gasteiger partial charge is 0.129 e. The van der Waals surface area contributed by atoms with Gasteiger partial charge in [0.15, 0.2) is 0 Å². The standard InChI is InChI=1S/C19H30N2O/c1-14(22)9-10-16-5-3-7-17(8-4-6-16)15(2)18-11-12-19(20)21-13-18/h11-13,15-17H,3-10H2,1-2H3,(H2,20,21). The quantitative estimate of drug-likeness (QED) is 0.856. The van der Waals surface area contributed by atoms with Gasteiger partial charge >= 0.3 is 0 Å². The van der Waals surface area contributed by atoms with Gasteiger partial charge in [-0.1, -0.05) is 38.7 Å². The minimum absolute atomic E-state index is 0.337. The Bertz CT molecular complexity index is 459. The van der Waals surface area contributed by atoms with Gasteiger partial charge in [0.1, 0.15) is 11.6 Å². The molecule has 1 fully saturated rings. The molecule has 2 rings (SSSR count). The number of nitrogen functional groups attached to an aromatic ring is 1. The molecular weight excluding hydrogens is 272 g/mol. The summed E-state index contributed by atoms with van der Waals surface area (Å²) in [5.41, 5.74) is 6.99. The van der Waals surface area contributed by atoms with Crippen molar-refractivity contribution in [1.29, 1.82) is 0 Å². The van der Waals surface area contributed by atoms with Gasteiger partial charge in [-0.2, -0.15) is 0 Å². The predicted molar refractivity (Wildman–Crippen MR) is 91.7 cm³/mol. The molecule has 1 unspecified atom stereocenters. The topological polar surface area (TPSA) is 56.0 Å². The van der Waals surface area contributed by atoms with Crippen LogP contribution >= 0.6 is 0 Å². The summed E-state index contributed by atoms with van der Waals surface area (Å²) in [4.78, 5) is 15.4. The second kappa shape index (κ2) is 8.30. The zero-order valence-electron chi connectivity index (χ0n) is 14.1. The Morgan fingerprint density at radius 3 is 2.50 bits per heavy atom. The second-order valence-corrected chi connectivity index (χ2v) is 7.03. The molecule has 2 N–H and O–H groups in total. The molecular formula is C19H30N2O. The van der Waals surface area contributed by atoms with Crippen molar-refractivity contribution in [3.8, 4) is 0 Å². The molecule has 0 aromatic carbocycles. The van der Waals surface area contributed by atoms with Crippen LogP contribution in [0, 0.1) is 11.8 Å². The lowest BCUT2D eigenvalue weighted by Gasteiger charge is -2.28. The number of nitrogens with zero attached hydrogens (tertiary/aromatic N) is 1. The van der Waals surface area contributed by atoms with Gasteiger partial charge in [-0.25, -0.2) is 4.98 Å². The summed E-state index contributed by atoms with van der Waals surface area (Å²) in [5, 5.41) is 0. The molecule has 1 saturated carbocycles. The van der Waals surface area contributed by atoms with E-state index in [1.54, 1.807) is 6.92 Å². The lowest BCUT2D eigenvalue weighted by molar-refractivity contribution is -0.117. The number of hydrogen-bond donors (Lipinski definition) is 1. The molecule has 1 aliphatic carbocycles. The van der Waals surface area contributed by atoms with E-state index in [9.17, 15) is 4.79 Å². The van der Waals surface area contributed by atoms with Crippen LogP contribution in [-0.4, -0.2) is 10.8 Å². The molecule has 3 heteroatoms. The van der Waals surface area contributed by atoms with E-state index in [4.69, 9.17) is 5.73 Å². The van der Waals surface area contributed by atoms with Crippen LogP contribution in [0.15, 0.2) is 18.3 Å². The first-order valence-corrected chi connectivity index (χ1v) is 8.77. The molecule has 0 amide bonds. The van der Waals surface area contributed by atoms with Crippen molar-refractivity contribution in [3.05, 3.63) is 23.9 Å². The lowest BCUT2D eigenvalue weighted by Crippen LogP contribution is -2.15. The molecule has 1 aromatic heterocycles. The van der Waals surface area contributed by atoms with Gasteiger partial charge in [-0.05, 0) is 55.6 Å². The molecule has 0 saturated heterocycles. The minimum Gasteiger partial charge on any atom is -0.384 e. The summed E-state index contributed by atoms with van der Waals surface area (Å²) >= 11 is 0. The first-order valence-electron chi connectivity index (χ1n) is 8.77. The molecule has 1 aliphatic rings. The molecule has 3 nitrogen and oxygen atoms in total. The zero-order valence-corrected chi connectivity index (χ0v) is 14.1. The van der Waals surface area contributed by atoms with E-state index < -0.39 is 0 Å². The zero-order chi connectivity index (χ0) is 15.9. The molecule has 22 heavy (non-hydrogen) atoms. The van der Waals surface area contributed by atoms with E-state index in [1.807, 2.05) is 12.3 Å². The van der Waals surface area contributed by atoms with Crippen LogP contribution in [0.1, 0.15) is 76.7 Å². The number of rotatable bonds is 5. The van der Waals surface area contributed by atoms with Crippen molar-refractivity contribution >= 4 is 11.6 Å². The third-order valence-corrected chi connectivity index (χ3v) is 5.32. The minimum atomic E-state index is 0.337. The number of anilines is 1. The molecule has 1 atom stereocenters. The fraction of sp³-hybridized carbons (Fsp3) is 0.684. The number of aromatic nitrogens is 1. The Hall–Kier alpha value is -1.38. The van der Waals surface area contributed by atoms with Gasteiger partial charge in [0.25, 0.3) is 0 Å². The lowest BCUT2D eigenvalue weighted by atomic mass is 9.77. The maximum absolute atomic E-state index is 11.1. The second-order valence-electron chi connectivity index (χ2n) is 7.03. The van der Waals surface area contributed by atoms with Crippen LogP contribution in [-0.2, 0) is 4.79 Å².